The molecule has 1 aliphatic rings. The standard InChI is InChI=1S/C12H16OS/c1-9-4-5-11(13-3)10(8-9)12(2)6-7-14-12/h4-5,8H,6-7H2,1-3H3. The van der Waals surface area contributed by atoms with Crippen LogP contribution in [0.3, 0.4) is 0 Å². The largest absolute Gasteiger partial charge is 0.496 e. The van der Waals surface area contributed by atoms with E-state index in [4.69, 9.17) is 4.74 Å². The number of aryl methyl sites for hydroxylation is 1. The van der Waals surface area contributed by atoms with Crippen molar-refractivity contribution < 1.29 is 4.74 Å². The van der Waals surface area contributed by atoms with Gasteiger partial charge in [0.2, 0.25) is 0 Å². The van der Waals surface area contributed by atoms with Crippen LogP contribution >= 0.6 is 11.8 Å². The first-order valence-electron chi connectivity index (χ1n) is 4.95. The molecule has 0 amide bonds. The van der Waals surface area contributed by atoms with Gasteiger partial charge in [-0.15, -0.1) is 0 Å². The first kappa shape index (κ1) is 9.91. The van der Waals surface area contributed by atoms with E-state index in [1.807, 2.05) is 11.8 Å². The molecule has 14 heavy (non-hydrogen) atoms. The summed E-state index contributed by atoms with van der Waals surface area (Å²) in [7, 11) is 1.75. The molecule has 76 valence electrons. The minimum absolute atomic E-state index is 0.289. The summed E-state index contributed by atoms with van der Waals surface area (Å²) in [5.41, 5.74) is 2.67. The summed E-state index contributed by atoms with van der Waals surface area (Å²) in [4.78, 5) is 0. The topological polar surface area (TPSA) is 9.23 Å². The van der Waals surface area contributed by atoms with Crippen LogP contribution in [0.2, 0.25) is 0 Å². The molecular formula is C12H16OS. The highest BCUT2D eigenvalue weighted by Crippen LogP contribution is 2.51. The Bertz CT molecular complexity index is 342. The normalized spacial score (nSPS) is 25.6. The maximum atomic E-state index is 5.41. The molecule has 0 bridgehead atoms. The maximum absolute atomic E-state index is 5.41. The van der Waals surface area contributed by atoms with Crippen molar-refractivity contribution in [3.05, 3.63) is 29.3 Å². The van der Waals surface area contributed by atoms with Crippen molar-refractivity contribution in [2.24, 2.45) is 0 Å². The monoisotopic (exact) mass is 208 g/mol. The van der Waals surface area contributed by atoms with Crippen LogP contribution in [0.4, 0.5) is 0 Å². The second kappa shape index (κ2) is 3.50. The molecular weight excluding hydrogens is 192 g/mol. The fraction of sp³-hybridized carbons (Fsp3) is 0.500. The highest BCUT2D eigenvalue weighted by Gasteiger charge is 2.36. The Kier molecular flexibility index (Phi) is 2.48. The Labute approximate surface area is 89.9 Å². The van der Waals surface area contributed by atoms with E-state index in [1.54, 1.807) is 7.11 Å². The van der Waals surface area contributed by atoms with Gasteiger partial charge in [-0.1, -0.05) is 17.7 Å². The summed E-state index contributed by atoms with van der Waals surface area (Å²) in [5.74, 6) is 2.30. The van der Waals surface area contributed by atoms with Gasteiger partial charge in [-0.3, -0.25) is 0 Å². The van der Waals surface area contributed by atoms with E-state index in [0.717, 1.165) is 5.75 Å². The minimum atomic E-state index is 0.289. The van der Waals surface area contributed by atoms with E-state index < -0.39 is 0 Å². The van der Waals surface area contributed by atoms with E-state index in [9.17, 15) is 0 Å². The van der Waals surface area contributed by atoms with Crippen LogP contribution in [-0.4, -0.2) is 12.9 Å². The Morgan fingerprint density at radius 3 is 2.64 bits per heavy atom. The minimum Gasteiger partial charge on any atom is -0.496 e. The first-order chi connectivity index (χ1) is 6.65. The van der Waals surface area contributed by atoms with Crippen LogP contribution in [0.15, 0.2) is 18.2 Å². The molecule has 1 saturated heterocycles. The van der Waals surface area contributed by atoms with Crippen molar-refractivity contribution >= 4 is 11.8 Å². The molecule has 0 N–H and O–H groups in total. The average Bonchev–Trinajstić information content (AvgIpc) is 2.14. The second-order valence-corrected chi connectivity index (χ2v) is 5.63. The molecule has 1 aromatic rings. The third-order valence-electron chi connectivity index (χ3n) is 2.92. The van der Waals surface area contributed by atoms with Crippen LogP contribution < -0.4 is 4.74 Å². The van der Waals surface area contributed by atoms with Gasteiger partial charge < -0.3 is 4.74 Å². The number of ether oxygens (including phenoxy) is 1. The lowest BCUT2D eigenvalue weighted by molar-refractivity contribution is 0.401. The van der Waals surface area contributed by atoms with Crippen LogP contribution in [0, 0.1) is 6.92 Å². The van der Waals surface area contributed by atoms with Gasteiger partial charge in [0.15, 0.2) is 0 Å². The zero-order chi connectivity index (χ0) is 10.2. The van der Waals surface area contributed by atoms with Crippen molar-refractivity contribution in [3.8, 4) is 5.75 Å². The molecule has 0 aromatic heterocycles. The zero-order valence-electron chi connectivity index (χ0n) is 8.96. The first-order valence-corrected chi connectivity index (χ1v) is 5.93. The van der Waals surface area contributed by atoms with Gasteiger partial charge in [0.25, 0.3) is 0 Å². The fourth-order valence-electron chi connectivity index (χ4n) is 1.86. The molecule has 2 rings (SSSR count). The molecule has 1 unspecified atom stereocenters. The Hall–Kier alpha value is -0.630. The lowest BCUT2D eigenvalue weighted by atomic mass is 9.94. The van der Waals surface area contributed by atoms with Crippen LogP contribution in [-0.2, 0) is 4.75 Å². The Morgan fingerprint density at radius 2 is 2.14 bits per heavy atom. The second-order valence-electron chi connectivity index (χ2n) is 4.03. The van der Waals surface area contributed by atoms with Gasteiger partial charge >= 0.3 is 0 Å². The number of rotatable bonds is 2. The summed E-state index contributed by atoms with van der Waals surface area (Å²) < 4.78 is 5.70. The van der Waals surface area contributed by atoms with Crippen LogP contribution in [0.5, 0.6) is 5.75 Å². The maximum Gasteiger partial charge on any atom is 0.123 e. The van der Waals surface area contributed by atoms with E-state index in [1.165, 1.54) is 23.3 Å². The molecule has 0 radical (unpaired) electrons. The molecule has 1 atom stereocenters. The number of benzene rings is 1. The molecule has 1 nitrogen and oxygen atoms in total. The molecule has 1 aromatic carbocycles. The average molecular weight is 208 g/mol. The lowest BCUT2D eigenvalue weighted by Crippen LogP contribution is -2.28. The highest BCUT2D eigenvalue weighted by atomic mass is 32.2. The smallest absolute Gasteiger partial charge is 0.123 e. The SMILES string of the molecule is COc1ccc(C)cc1C1(C)CCS1. The Morgan fingerprint density at radius 1 is 1.43 bits per heavy atom. The predicted octanol–water partition coefficient (Wildman–Crippen LogP) is 3.36. The number of thioether (sulfide) groups is 1. The zero-order valence-corrected chi connectivity index (χ0v) is 9.78. The number of methoxy groups -OCH3 is 1. The van der Waals surface area contributed by atoms with E-state index in [2.05, 4.69) is 32.0 Å². The Balaban J connectivity index is 2.43. The summed E-state index contributed by atoms with van der Waals surface area (Å²) >= 11 is 2.02. The van der Waals surface area contributed by atoms with E-state index >= 15 is 0 Å². The summed E-state index contributed by atoms with van der Waals surface area (Å²) in [6.45, 7) is 4.44. The van der Waals surface area contributed by atoms with Crippen molar-refractivity contribution in [3.63, 3.8) is 0 Å². The highest BCUT2D eigenvalue weighted by molar-refractivity contribution is 8.01. The molecule has 0 aliphatic carbocycles. The van der Waals surface area contributed by atoms with Crippen LogP contribution in [0.1, 0.15) is 24.5 Å². The molecule has 1 heterocycles. The van der Waals surface area contributed by atoms with Gasteiger partial charge in [0, 0.05) is 10.3 Å². The predicted molar refractivity (Wildman–Crippen MR) is 62.2 cm³/mol. The molecule has 1 fully saturated rings. The summed E-state index contributed by atoms with van der Waals surface area (Å²) in [5, 5.41) is 0. The van der Waals surface area contributed by atoms with Gasteiger partial charge in [0.05, 0.1) is 7.11 Å². The van der Waals surface area contributed by atoms with Gasteiger partial charge in [-0.05, 0) is 32.1 Å². The molecule has 1 aliphatic heterocycles. The lowest BCUT2D eigenvalue weighted by Gasteiger charge is -2.39. The summed E-state index contributed by atoms with van der Waals surface area (Å²) in [6, 6.07) is 6.44. The van der Waals surface area contributed by atoms with Crippen molar-refractivity contribution in [1.29, 1.82) is 0 Å². The summed E-state index contributed by atoms with van der Waals surface area (Å²) in [6.07, 6.45) is 1.26. The molecule has 2 heteroatoms. The third kappa shape index (κ3) is 1.52. The van der Waals surface area contributed by atoms with Crippen molar-refractivity contribution in [2.75, 3.05) is 12.9 Å². The number of hydrogen-bond donors (Lipinski definition) is 0. The van der Waals surface area contributed by atoms with E-state index in [0.29, 0.717) is 0 Å². The van der Waals surface area contributed by atoms with Crippen LogP contribution in [0.25, 0.3) is 0 Å². The molecule has 0 spiro atoms. The van der Waals surface area contributed by atoms with Gasteiger partial charge in [0.1, 0.15) is 5.75 Å². The quantitative estimate of drug-likeness (QED) is 0.737. The third-order valence-corrected chi connectivity index (χ3v) is 4.39. The molecule has 0 saturated carbocycles. The number of hydrogen-bond acceptors (Lipinski definition) is 2. The van der Waals surface area contributed by atoms with Crippen molar-refractivity contribution in [2.45, 2.75) is 25.0 Å². The fourth-order valence-corrected chi connectivity index (χ4v) is 2.99. The van der Waals surface area contributed by atoms with Gasteiger partial charge in [-0.2, -0.15) is 11.8 Å². The van der Waals surface area contributed by atoms with Gasteiger partial charge in [-0.25, -0.2) is 0 Å². The van der Waals surface area contributed by atoms with E-state index in [-0.39, 0.29) is 4.75 Å². The van der Waals surface area contributed by atoms with Crippen molar-refractivity contribution in [1.82, 2.24) is 0 Å².